The predicted octanol–water partition coefficient (Wildman–Crippen LogP) is 2.89. The summed E-state index contributed by atoms with van der Waals surface area (Å²) < 4.78 is 0. The van der Waals surface area contributed by atoms with E-state index >= 15 is 0 Å². The van der Waals surface area contributed by atoms with Crippen molar-refractivity contribution >= 4 is 28.5 Å². The minimum atomic E-state index is -0.0515. The number of carbonyl (C=O) groups is 2. The average molecular weight is 363 g/mol. The van der Waals surface area contributed by atoms with E-state index in [1.54, 1.807) is 12.1 Å². The van der Waals surface area contributed by atoms with Gasteiger partial charge in [-0.15, -0.1) is 0 Å². The van der Waals surface area contributed by atoms with Crippen LogP contribution in [0.4, 0.5) is 5.69 Å². The Hall–Kier alpha value is -3.22. The summed E-state index contributed by atoms with van der Waals surface area (Å²) in [6, 6.07) is 14.8. The molecule has 2 aromatic carbocycles. The van der Waals surface area contributed by atoms with E-state index < -0.39 is 0 Å². The minimum Gasteiger partial charge on any atom is -0.349 e. The molecule has 0 saturated heterocycles. The van der Waals surface area contributed by atoms with Crippen molar-refractivity contribution in [3.8, 4) is 0 Å². The molecule has 0 aliphatic heterocycles. The fraction of sp³-hybridized carbons (Fsp3) is 0.300. The van der Waals surface area contributed by atoms with Crippen LogP contribution >= 0.6 is 0 Å². The third-order valence-corrected chi connectivity index (χ3v) is 5.05. The van der Waals surface area contributed by atoms with Crippen molar-refractivity contribution in [1.29, 1.82) is 0 Å². The van der Waals surface area contributed by atoms with Crippen molar-refractivity contribution in [2.45, 2.75) is 31.7 Å². The number of nitrogens with zero attached hydrogens (tertiary/aromatic N) is 2. The molecule has 138 valence electrons. The van der Waals surface area contributed by atoms with Gasteiger partial charge in [0.15, 0.2) is 0 Å². The predicted molar refractivity (Wildman–Crippen MR) is 102 cm³/mol. The molecule has 0 bridgehead atoms. The molecule has 3 aromatic rings. The highest BCUT2D eigenvalue weighted by Gasteiger charge is 2.27. The number of hydrogen-bond donors (Lipinski definition) is 3. The maximum absolute atomic E-state index is 12.5. The zero-order valence-electron chi connectivity index (χ0n) is 14.8. The molecule has 4 rings (SSSR count). The van der Waals surface area contributed by atoms with Crippen molar-refractivity contribution < 1.29 is 9.59 Å². The molecule has 1 saturated carbocycles. The first-order chi connectivity index (χ1) is 13.2. The number of anilines is 1. The molecule has 0 spiro atoms. The highest BCUT2D eigenvalue weighted by Crippen LogP contribution is 2.26. The molecule has 0 radical (unpaired) electrons. The second kappa shape index (κ2) is 7.57. The summed E-state index contributed by atoms with van der Waals surface area (Å²) in [6.07, 6.45) is 3.13. The summed E-state index contributed by atoms with van der Waals surface area (Å²) >= 11 is 0. The van der Waals surface area contributed by atoms with Crippen molar-refractivity contribution in [2.24, 2.45) is 5.92 Å². The quantitative estimate of drug-likeness (QED) is 0.663. The molecule has 2 amide bonds. The van der Waals surface area contributed by atoms with Crippen LogP contribution in [0, 0.1) is 5.92 Å². The number of amides is 2. The van der Waals surface area contributed by atoms with E-state index in [9.17, 15) is 9.59 Å². The molecule has 0 atom stereocenters. The van der Waals surface area contributed by atoms with Gasteiger partial charge in [-0.2, -0.15) is 15.4 Å². The number of nitrogens with one attached hydrogen (secondary N) is 3. The molecule has 1 aliphatic rings. The van der Waals surface area contributed by atoms with Crippen molar-refractivity contribution in [3.05, 3.63) is 54.1 Å². The van der Waals surface area contributed by atoms with Gasteiger partial charge in [0.25, 0.3) is 5.91 Å². The Morgan fingerprint density at radius 3 is 2.44 bits per heavy atom. The van der Waals surface area contributed by atoms with Crippen LogP contribution in [0.15, 0.2) is 48.5 Å². The molecule has 1 aliphatic carbocycles. The van der Waals surface area contributed by atoms with E-state index in [4.69, 9.17) is 0 Å². The standard InChI is InChI=1S/C20H21N5O2/c26-19(13-4-2-1-3-5-13)21-15-8-6-14(7-9-15)20(27)22-16-10-11-17-18(12-16)24-25-23-17/h1-5,10-12,14-15H,6-9H2,(H,21,26)(H,22,27)(H,23,24,25). The number of rotatable bonds is 4. The van der Waals surface area contributed by atoms with Crippen LogP contribution in [0.5, 0.6) is 0 Å². The Morgan fingerprint density at radius 1 is 0.926 bits per heavy atom. The molecule has 1 fully saturated rings. The van der Waals surface area contributed by atoms with Crippen LogP contribution in [0.25, 0.3) is 11.0 Å². The van der Waals surface area contributed by atoms with E-state index in [1.807, 2.05) is 36.4 Å². The van der Waals surface area contributed by atoms with Crippen molar-refractivity contribution in [1.82, 2.24) is 20.7 Å². The van der Waals surface area contributed by atoms with Gasteiger partial charge < -0.3 is 10.6 Å². The molecule has 1 aromatic heterocycles. The van der Waals surface area contributed by atoms with Crippen molar-refractivity contribution in [3.63, 3.8) is 0 Å². The third-order valence-electron chi connectivity index (χ3n) is 5.05. The van der Waals surface area contributed by atoms with Gasteiger partial charge in [0.05, 0.1) is 0 Å². The monoisotopic (exact) mass is 363 g/mol. The fourth-order valence-electron chi connectivity index (χ4n) is 3.52. The Balaban J connectivity index is 1.29. The zero-order chi connectivity index (χ0) is 18.6. The van der Waals surface area contributed by atoms with Gasteiger partial charge in [0.2, 0.25) is 5.91 Å². The lowest BCUT2D eigenvalue weighted by atomic mass is 9.85. The van der Waals surface area contributed by atoms with E-state index in [2.05, 4.69) is 26.0 Å². The van der Waals surface area contributed by atoms with Gasteiger partial charge in [-0.3, -0.25) is 9.59 Å². The molecule has 3 N–H and O–H groups in total. The van der Waals surface area contributed by atoms with Crippen LogP contribution in [-0.2, 0) is 4.79 Å². The summed E-state index contributed by atoms with van der Waals surface area (Å²) in [5, 5.41) is 16.6. The van der Waals surface area contributed by atoms with Gasteiger partial charge in [-0.05, 0) is 56.0 Å². The molecule has 7 nitrogen and oxygen atoms in total. The third kappa shape index (κ3) is 3.97. The first kappa shape index (κ1) is 17.2. The minimum absolute atomic E-state index is 0.0191. The molecule has 27 heavy (non-hydrogen) atoms. The lowest BCUT2D eigenvalue weighted by Crippen LogP contribution is -2.39. The van der Waals surface area contributed by atoms with Crippen molar-refractivity contribution in [2.75, 3.05) is 5.32 Å². The van der Waals surface area contributed by atoms with Gasteiger partial charge in [-0.25, -0.2) is 0 Å². The number of H-pyrrole nitrogens is 1. The van der Waals surface area contributed by atoms with Crippen LogP contribution in [0.1, 0.15) is 36.0 Å². The van der Waals surface area contributed by atoms with E-state index in [1.165, 1.54) is 0 Å². The van der Waals surface area contributed by atoms with Crippen LogP contribution in [0.3, 0.4) is 0 Å². The fourth-order valence-corrected chi connectivity index (χ4v) is 3.52. The average Bonchev–Trinajstić information content (AvgIpc) is 3.17. The summed E-state index contributed by atoms with van der Waals surface area (Å²) in [6.45, 7) is 0. The van der Waals surface area contributed by atoms with E-state index in [0.717, 1.165) is 42.4 Å². The summed E-state index contributed by atoms with van der Waals surface area (Å²) in [5.41, 5.74) is 2.88. The SMILES string of the molecule is O=C(NC1CCC(C(=O)Nc2ccc3n[nH]nc3c2)CC1)c1ccccc1. The van der Waals surface area contributed by atoms with Gasteiger partial charge >= 0.3 is 0 Å². The van der Waals surface area contributed by atoms with E-state index in [-0.39, 0.29) is 23.8 Å². The number of benzene rings is 2. The maximum Gasteiger partial charge on any atom is 0.251 e. The second-order valence-corrected chi connectivity index (χ2v) is 6.90. The van der Waals surface area contributed by atoms with Gasteiger partial charge in [-0.1, -0.05) is 18.2 Å². The summed E-state index contributed by atoms with van der Waals surface area (Å²) in [5.74, 6) is -0.0713. The molecular formula is C20H21N5O2. The first-order valence-electron chi connectivity index (χ1n) is 9.16. The smallest absolute Gasteiger partial charge is 0.251 e. The van der Waals surface area contributed by atoms with Gasteiger partial charge in [0.1, 0.15) is 11.0 Å². The summed E-state index contributed by atoms with van der Waals surface area (Å²) in [7, 11) is 0. The maximum atomic E-state index is 12.5. The number of fused-ring (bicyclic) bond motifs is 1. The Morgan fingerprint density at radius 2 is 1.67 bits per heavy atom. The second-order valence-electron chi connectivity index (χ2n) is 6.90. The van der Waals surface area contributed by atoms with Gasteiger partial charge in [0, 0.05) is 23.2 Å². The summed E-state index contributed by atoms with van der Waals surface area (Å²) in [4.78, 5) is 24.8. The first-order valence-corrected chi connectivity index (χ1v) is 9.16. The molecular weight excluding hydrogens is 342 g/mol. The largest absolute Gasteiger partial charge is 0.349 e. The lowest BCUT2D eigenvalue weighted by molar-refractivity contribution is -0.120. The molecule has 0 unspecified atom stereocenters. The van der Waals surface area contributed by atoms with Crippen LogP contribution < -0.4 is 10.6 Å². The number of aromatic amines is 1. The number of carbonyl (C=O) groups excluding carboxylic acids is 2. The highest BCUT2D eigenvalue weighted by atomic mass is 16.2. The topological polar surface area (TPSA) is 99.8 Å². The highest BCUT2D eigenvalue weighted by molar-refractivity contribution is 5.95. The Kier molecular flexibility index (Phi) is 4.82. The Labute approximate surface area is 156 Å². The van der Waals surface area contributed by atoms with Crippen LogP contribution in [-0.4, -0.2) is 33.3 Å². The molecule has 1 heterocycles. The van der Waals surface area contributed by atoms with E-state index in [0.29, 0.717) is 5.56 Å². The normalized spacial score (nSPS) is 19.6. The lowest BCUT2D eigenvalue weighted by Gasteiger charge is -2.28. The zero-order valence-corrected chi connectivity index (χ0v) is 14.8. The Bertz CT molecular complexity index is 945. The number of aromatic nitrogens is 3. The molecule has 7 heteroatoms. The number of hydrogen-bond acceptors (Lipinski definition) is 4. The van der Waals surface area contributed by atoms with Crippen LogP contribution in [0.2, 0.25) is 0 Å².